The minimum atomic E-state index is -4.19. The van der Waals surface area contributed by atoms with Crippen LogP contribution < -0.4 is 5.73 Å². The Kier molecular flexibility index (Phi) is 7.84. The fourth-order valence-electron chi connectivity index (χ4n) is 1.02. The molecule has 9 heteroatoms. The summed E-state index contributed by atoms with van der Waals surface area (Å²) < 4.78 is 52.8. The molecule has 0 aromatic carbocycles. The average Bonchev–Trinajstić information content (AvgIpc) is 2.30. The van der Waals surface area contributed by atoms with Crippen LogP contribution in [0.1, 0.15) is 12.8 Å². The van der Waals surface area contributed by atoms with Crippen molar-refractivity contribution in [3.8, 4) is 0 Å². The van der Waals surface area contributed by atoms with Crippen LogP contribution in [0.5, 0.6) is 0 Å². The van der Waals surface area contributed by atoms with Gasteiger partial charge in [0.05, 0.1) is 18.0 Å². The number of ether oxygens (including phenoxy) is 1. The van der Waals surface area contributed by atoms with E-state index in [4.69, 9.17) is 5.73 Å². The molecule has 0 aliphatic heterocycles. The summed E-state index contributed by atoms with van der Waals surface area (Å²) in [4.78, 5) is 13.0. The summed E-state index contributed by atoms with van der Waals surface area (Å²) in [5, 5.41) is 0. The van der Waals surface area contributed by atoms with Crippen molar-refractivity contribution in [2.24, 2.45) is 5.73 Å². The van der Waals surface area contributed by atoms with E-state index in [0.29, 0.717) is 13.0 Å². The first kappa shape index (κ1) is 18.0. The molecule has 1 amide bonds. The van der Waals surface area contributed by atoms with Gasteiger partial charge < -0.3 is 15.4 Å². The number of hydrogen-bond acceptors (Lipinski definition) is 3. The molecule has 0 rings (SSSR count). The van der Waals surface area contributed by atoms with Crippen molar-refractivity contribution in [1.29, 1.82) is 0 Å². The van der Waals surface area contributed by atoms with Crippen molar-refractivity contribution in [3.63, 3.8) is 0 Å². The zero-order chi connectivity index (χ0) is 15.1. The van der Waals surface area contributed by atoms with Crippen LogP contribution in [0, 0.1) is 0 Å². The molecule has 0 aliphatic carbocycles. The van der Waals surface area contributed by atoms with Gasteiger partial charge >= 0.3 is 12.3 Å². The average molecular weight is 304 g/mol. The van der Waals surface area contributed by atoms with E-state index < -0.39 is 19.0 Å². The summed E-state index contributed by atoms with van der Waals surface area (Å²) in [6.07, 6.45) is -3.61. The lowest BCUT2D eigenvalue weighted by molar-refractivity contribution is -0.167. The molecule has 0 aromatic rings. The van der Waals surface area contributed by atoms with Crippen LogP contribution in [0.4, 0.5) is 17.6 Å². The van der Waals surface area contributed by atoms with E-state index in [1.807, 2.05) is 0 Å². The SMILES string of the molecule is CN(CCC(N)=S)C(=O)CCOCC(F)(F)C(F)F. The molecule has 2 N–H and O–H groups in total. The van der Waals surface area contributed by atoms with Gasteiger partial charge in [0.1, 0.15) is 6.61 Å². The van der Waals surface area contributed by atoms with Gasteiger partial charge in [-0.05, 0) is 0 Å². The number of carbonyl (C=O) groups is 1. The lowest BCUT2D eigenvalue weighted by Crippen LogP contribution is -2.34. The third-order valence-electron chi connectivity index (χ3n) is 2.19. The van der Waals surface area contributed by atoms with E-state index in [1.165, 1.54) is 11.9 Å². The molecule has 0 unspecified atom stereocenters. The molecule has 0 saturated heterocycles. The maximum Gasteiger partial charge on any atom is 0.330 e. The number of amides is 1. The van der Waals surface area contributed by atoms with Gasteiger partial charge in [0, 0.05) is 20.0 Å². The van der Waals surface area contributed by atoms with E-state index in [-0.39, 0.29) is 23.9 Å². The standard InChI is InChI=1S/C10H16F4N2O2S/c1-16(4-2-7(15)19)8(17)3-5-18-6-10(13,14)9(11)12/h9H,2-6H2,1H3,(H2,15,19). The fourth-order valence-corrected chi connectivity index (χ4v) is 1.12. The zero-order valence-electron chi connectivity index (χ0n) is 10.4. The van der Waals surface area contributed by atoms with E-state index in [9.17, 15) is 22.4 Å². The largest absolute Gasteiger partial charge is 0.393 e. The van der Waals surface area contributed by atoms with Crippen LogP contribution in [0.3, 0.4) is 0 Å². The Morgan fingerprint density at radius 2 is 2.00 bits per heavy atom. The molecule has 0 radical (unpaired) electrons. The van der Waals surface area contributed by atoms with Gasteiger partial charge in [0.15, 0.2) is 0 Å². The van der Waals surface area contributed by atoms with Crippen molar-refractivity contribution in [3.05, 3.63) is 0 Å². The first-order chi connectivity index (χ1) is 8.66. The molecule has 19 heavy (non-hydrogen) atoms. The minimum absolute atomic E-state index is 0.173. The number of rotatable bonds is 9. The van der Waals surface area contributed by atoms with Gasteiger partial charge in [-0.1, -0.05) is 12.2 Å². The Balaban J connectivity index is 3.83. The number of alkyl halides is 4. The molecule has 0 spiro atoms. The second kappa shape index (κ2) is 8.26. The summed E-state index contributed by atoms with van der Waals surface area (Å²) in [5.41, 5.74) is 5.25. The van der Waals surface area contributed by atoms with Gasteiger partial charge in [-0.15, -0.1) is 0 Å². The summed E-state index contributed by atoms with van der Waals surface area (Å²) in [5.74, 6) is -4.56. The van der Waals surface area contributed by atoms with Gasteiger partial charge in [-0.3, -0.25) is 4.79 Å². The molecule has 112 valence electrons. The number of carbonyl (C=O) groups excluding carboxylic acids is 1. The van der Waals surface area contributed by atoms with E-state index >= 15 is 0 Å². The summed E-state index contributed by atoms with van der Waals surface area (Å²) >= 11 is 4.63. The van der Waals surface area contributed by atoms with E-state index in [0.717, 1.165) is 0 Å². The van der Waals surface area contributed by atoms with Crippen molar-refractivity contribution in [2.45, 2.75) is 25.2 Å². The summed E-state index contributed by atoms with van der Waals surface area (Å²) in [7, 11) is 1.49. The Labute approximate surface area is 113 Å². The molecule has 0 aromatic heterocycles. The van der Waals surface area contributed by atoms with Crippen LogP contribution in [-0.4, -0.2) is 54.9 Å². The predicted molar refractivity (Wildman–Crippen MR) is 65.4 cm³/mol. The van der Waals surface area contributed by atoms with Crippen LogP contribution in [0.2, 0.25) is 0 Å². The first-order valence-corrected chi connectivity index (χ1v) is 5.83. The fraction of sp³-hybridized carbons (Fsp3) is 0.800. The van der Waals surface area contributed by atoms with E-state index in [2.05, 4.69) is 17.0 Å². The molecule has 0 fully saturated rings. The highest BCUT2D eigenvalue weighted by Gasteiger charge is 2.40. The Morgan fingerprint density at radius 1 is 1.42 bits per heavy atom. The van der Waals surface area contributed by atoms with Crippen molar-refractivity contribution >= 4 is 23.1 Å². The van der Waals surface area contributed by atoms with Gasteiger partial charge in [0.25, 0.3) is 0 Å². The van der Waals surface area contributed by atoms with Crippen molar-refractivity contribution in [1.82, 2.24) is 4.90 Å². The highest BCUT2D eigenvalue weighted by molar-refractivity contribution is 7.80. The van der Waals surface area contributed by atoms with Gasteiger partial charge in [-0.2, -0.15) is 8.78 Å². The lowest BCUT2D eigenvalue weighted by atomic mass is 10.3. The number of nitrogens with zero attached hydrogens (tertiary/aromatic N) is 1. The third kappa shape index (κ3) is 7.93. The van der Waals surface area contributed by atoms with Crippen LogP contribution >= 0.6 is 12.2 Å². The van der Waals surface area contributed by atoms with Crippen LogP contribution in [0.25, 0.3) is 0 Å². The molecule has 4 nitrogen and oxygen atoms in total. The number of nitrogens with two attached hydrogens (primary N) is 1. The Hall–Kier alpha value is -0.960. The van der Waals surface area contributed by atoms with Crippen molar-refractivity contribution in [2.75, 3.05) is 26.8 Å². The molecule has 0 heterocycles. The van der Waals surface area contributed by atoms with Crippen LogP contribution in [0.15, 0.2) is 0 Å². The normalized spacial score (nSPS) is 11.7. The molecule has 0 bridgehead atoms. The second-order valence-corrected chi connectivity index (χ2v) is 4.42. The Bertz CT molecular complexity index is 316. The molecular weight excluding hydrogens is 288 g/mol. The number of halogens is 4. The van der Waals surface area contributed by atoms with Crippen LogP contribution in [-0.2, 0) is 9.53 Å². The zero-order valence-corrected chi connectivity index (χ0v) is 11.2. The first-order valence-electron chi connectivity index (χ1n) is 5.43. The highest BCUT2D eigenvalue weighted by atomic mass is 32.1. The molecular formula is C10H16F4N2O2S. The Morgan fingerprint density at radius 3 is 2.47 bits per heavy atom. The van der Waals surface area contributed by atoms with Crippen molar-refractivity contribution < 1.29 is 27.1 Å². The second-order valence-electron chi connectivity index (χ2n) is 3.90. The molecule has 0 atom stereocenters. The molecule has 0 aliphatic rings. The van der Waals surface area contributed by atoms with Gasteiger partial charge in [0.2, 0.25) is 5.91 Å². The summed E-state index contributed by atoms with van der Waals surface area (Å²) in [6, 6.07) is 0. The lowest BCUT2D eigenvalue weighted by Gasteiger charge is -2.18. The van der Waals surface area contributed by atoms with Gasteiger partial charge in [-0.25, -0.2) is 8.78 Å². The summed E-state index contributed by atoms with van der Waals surface area (Å²) in [6.45, 7) is -1.45. The highest BCUT2D eigenvalue weighted by Crippen LogP contribution is 2.22. The topological polar surface area (TPSA) is 55.6 Å². The van der Waals surface area contributed by atoms with E-state index in [1.54, 1.807) is 0 Å². The third-order valence-corrected chi connectivity index (χ3v) is 2.40. The maximum absolute atomic E-state index is 12.4. The smallest absolute Gasteiger partial charge is 0.330 e. The number of hydrogen-bond donors (Lipinski definition) is 1. The minimum Gasteiger partial charge on any atom is -0.393 e. The monoisotopic (exact) mass is 304 g/mol. The number of thiocarbonyl (C=S) groups is 1. The predicted octanol–water partition coefficient (Wildman–Crippen LogP) is 1.43. The molecule has 0 saturated carbocycles. The maximum atomic E-state index is 12.4. The quantitative estimate of drug-likeness (QED) is 0.398.